The zero-order valence-electron chi connectivity index (χ0n) is 15.1. The van der Waals surface area contributed by atoms with Crippen molar-refractivity contribution in [2.24, 2.45) is 0 Å². The van der Waals surface area contributed by atoms with Crippen LogP contribution in [0.25, 0.3) is 0 Å². The van der Waals surface area contributed by atoms with Crippen LogP contribution in [0.4, 0.5) is 19.3 Å². The second kappa shape index (κ2) is 7.66. The summed E-state index contributed by atoms with van der Waals surface area (Å²) in [5.41, 5.74) is 1.23. The summed E-state index contributed by atoms with van der Waals surface area (Å²) < 4.78 is 62.0. The van der Waals surface area contributed by atoms with Crippen LogP contribution < -0.4 is 4.90 Å². The quantitative estimate of drug-likeness (QED) is 0.645. The maximum atomic E-state index is 14.3. The number of hydrogen-bond donors (Lipinski definition) is 0. The Kier molecular flexibility index (Phi) is 5.34. The summed E-state index contributed by atoms with van der Waals surface area (Å²) in [6.07, 6.45) is -0.144. The predicted molar refractivity (Wildman–Crippen MR) is 105 cm³/mol. The smallest absolute Gasteiger partial charge is 0.415 e. The Bertz CT molecular complexity index is 1060. The number of benzene rings is 2. The SMILES string of the molecule is O=C1OCc2cc(Br)ccc2N1C1CCCCN1S(=O)(=O)c1c(F)cccc1F. The second-order valence-corrected chi connectivity index (χ2v) is 9.58. The van der Waals surface area contributed by atoms with E-state index < -0.39 is 38.8 Å². The normalized spacial score (nSPS) is 20.3. The summed E-state index contributed by atoms with van der Waals surface area (Å²) in [6.45, 7) is 0.0991. The molecular formula is C19H17BrF2N2O4S. The highest BCUT2D eigenvalue weighted by atomic mass is 79.9. The number of anilines is 1. The molecule has 0 aliphatic carbocycles. The average Bonchev–Trinajstić information content (AvgIpc) is 2.68. The lowest BCUT2D eigenvalue weighted by molar-refractivity contribution is 0.127. The Labute approximate surface area is 175 Å². The van der Waals surface area contributed by atoms with E-state index in [9.17, 15) is 22.0 Å². The number of rotatable bonds is 3. The van der Waals surface area contributed by atoms with Gasteiger partial charge in [0.15, 0.2) is 4.90 Å². The van der Waals surface area contributed by atoms with E-state index in [0.717, 1.165) is 27.0 Å². The van der Waals surface area contributed by atoms with Gasteiger partial charge in [0.2, 0.25) is 0 Å². The van der Waals surface area contributed by atoms with Gasteiger partial charge in [-0.05, 0) is 49.6 Å². The number of piperidine rings is 1. The summed E-state index contributed by atoms with van der Waals surface area (Å²) >= 11 is 3.36. The molecule has 1 amide bonds. The minimum absolute atomic E-state index is 0.0381. The zero-order valence-corrected chi connectivity index (χ0v) is 17.5. The van der Waals surface area contributed by atoms with Crippen LogP contribution in [0, 0.1) is 11.6 Å². The number of fused-ring (bicyclic) bond motifs is 1. The molecule has 29 heavy (non-hydrogen) atoms. The molecule has 10 heteroatoms. The second-order valence-electron chi connectivity index (χ2n) is 6.84. The molecule has 2 aliphatic rings. The molecule has 1 fully saturated rings. The topological polar surface area (TPSA) is 66.9 Å². The van der Waals surface area contributed by atoms with Crippen molar-refractivity contribution in [1.29, 1.82) is 0 Å². The van der Waals surface area contributed by atoms with Gasteiger partial charge < -0.3 is 4.74 Å². The maximum Gasteiger partial charge on any atom is 0.415 e. The number of ether oxygens (including phenoxy) is 1. The van der Waals surface area contributed by atoms with Crippen molar-refractivity contribution in [3.63, 3.8) is 0 Å². The number of nitrogens with zero attached hydrogens (tertiary/aromatic N) is 2. The first-order valence-corrected chi connectivity index (χ1v) is 11.2. The van der Waals surface area contributed by atoms with Crippen molar-refractivity contribution in [2.45, 2.75) is 36.9 Å². The third-order valence-electron chi connectivity index (χ3n) is 5.06. The molecule has 2 aliphatic heterocycles. The Hall–Kier alpha value is -2.04. The van der Waals surface area contributed by atoms with Crippen molar-refractivity contribution < 1.29 is 26.7 Å². The lowest BCUT2D eigenvalue weighted by Crippen LogP contribution is -2.56. The molecule has 0 bridgehead atoms. The number of halogens is 3. The number of sulfonamides is 1. The summed E-state index contributed by atoms with van der Waals surface area (Å²) in [5.74, 6) is -2.33. The molecule has 0 aromatic heterocycles. The van der Waals surface area contributed by atoms with E-state index in [4.69, 9.17) is 4.74 Å². The molecule has 1 atom stereocenters. The van der Waals surface area contributed by atoms with E-state index in [-0.39, 0.29) is 13.2 Å². The van der Waals surface area contributed by atoms with Crippen molar-refractivity contribution in [2.75, 3.05) is 11.4 Å². The molecule has 1 unspecified atom stereocenters. The van der Waals surface area contributed by atoms with E-state index in [2.05, 4.69) is 15.9 Å². The van der Waals surface area contributed by atoms with Crippen LogP contribution in [0.2, 0.25) is 0 Å². The lowest BCUT2D eigenvalue weighted by atomic mass is 10.1. The van der Waals surface area contributed by atoms with Crippen LogP contribution in [0.5, 0.6) is 0 Å². The van der Waals surface area contributed by atoms with Gasteiger partial charge in [-0.3, -0.25) is 4.90 Å². The first-order chi connectivity index (χ1) is 13.8. The fourth-order valence-corrected chi connectivity index (χ4v) is 5.93. The first kappa shape index (κ1) is 20.2. The summed E-state index contributed by atoms with van der Waals surface area (Å²) in [6, 6.07) is 8.12. The number of hydrogen-bond acceptors (Lipinski definition) is 4. The fraction of sp³-hybridized carbons (Fsp3) is 0.316. The van der Waals surface area contributed by atoms with Gasteiger partial charge in [0.25, 0.3) is 10.0 Å². The molecule has 0 N–H and O–H groups in total. The average molecular weight is 487 g/mol. The summed E-state index contributed by atoms with van der Waals surface area (Å²) in [7, 11) is -4.53. The number of carbonyl (C=O) groups is 1. The van der Waals surface area contributed by atoms with E-state index in [1.807, 2.05) is 0 Å². The zero-order chi connectivity index (χ0) is 20.8. The largest absolute Gasteiger partial charge is 0.444 e. The highest BCUT2D eigenvalue weighted by Gasteiger charge is 2.43. The number of carbonyl (C=O) groups excluding carboxylic acids is 1. The fourth-order valence-electron chi connectivity index (χ4n) is 3.77. The van der Waals surface area contributed by atoms with E-state index in [1.165, 1.54) is 4.90 Å². The Balaban J connectivity index is 1.81. The maximum absolute atomic E-state index is 14.3. The molecular weight excluding hydrogens is 470 g/mol. The Morgan fingerprint density at radius 2 is 1.83 bits per heavy atom. The van der Waals surface area contributed by atoms with Gasteiger partial charge >= 0.3 is 6.09 Å². The minimum Gasteiger partial charge on any atom is -0.444 e. The van der Waals surface area contributed by atoms with Gasteiger partial charge in [0, 0.05) is 16.6 Å². The minimum atomic E-state index is -4.53. The molecule has 0 radical (unpaired) electrons. The van der Waals surface area contributed by atoms with Crippen LogP contribution in [-0.2, 0) is 21.4 Å². The van der Waals surface area contributed by atoms with Crippen molar-refractivity contribution in [1.82, 2.24) is 4.31 Å². The highest BCUT2D eigenvalue weighted by molar-refractivity contribution is 9.10. The van der Waals surface area contributed by atoms with Crippen LogP contribution >= 0.6 is 15.9 Å². The van der Waals surface area contributed by atoms with Gasteiger partial charge in [0.1, 0.15) is 24.4 Å². The molecule has 2 aromatic rings. The Morgan fingerprint density at radius 1 is 1.10 bits per heavy atom. The number of cyclic esters (lactones) is 1. The van der Waals surface area contributed by atoms with Gasteiger partial charge in [-0.25, -0.2) is 22.0 Å². The third kappa shape index (κ3) is 3.53. The van der Waals surface area contributed by atoms with Gasteiger partial charge in [-0.1, -0.05) is 22.0 Å². The lowest BCUT2D eigenvalue weighted by Gasteiger charge is -2.42. The van der Waals surface area contributed by atoms with Gasteiger partial charge in [-0.2, -0.15) is 4.31 Å². The number of amides is 1. The molecule has 2 aromatic carbocycles. The van der Waals surface area contributed by atoms with Gasteiger partial charge in [-0.15, -0.1) is 0 Å². The highest BCUT2D eigenvalue weighted by Crippen LogP contribution is 2.37. The molecule has 0 spiro atoms. The van der Waals surface area contributed by atoms with Crippen LogP contribution in [0.15, 0.2) is 45.8 Å². The van der Waals surface area contributed by atoms with Crippen LogP contribution in [-0.4, -0.2) is 31.5 Å². The molecule has 154 valence electrons. The predicted octanol–water partition coefficient (Wildman–Crippen LogP) is 4.38. The van der Waals surface area contributed by atoms with Gasteiger partial charge in [0.05, 0.1) is 5.69 Å². The summed E-state index contributed by atoms with van der Waals surface area (Å²) in [5, 5.41) is 0. The van der Waals surface area contributed by atoms with Crippen molar-refractivity contribution in [3.8, 4) is 0 Å². The monoisotopic (exact) mass is 486 g/mol. The van der Waals surface area contributed by atoms with Crippen LogP contribution in [0.1, 0.15) is 24.8 Å². The van der Waals surface area contributed by atoms with E-state index in [1.54, 1.807) is 18.2 Å². The van der Waals surface area contributed by atoms with Crippen molar-refractivity contribution in [3.05, 3.63) is 58.1 Å². The standard InChI is InChI=1S/C19H17BrF2N2O4S/c20-13-7-8-16-12(10-13)11-28-19(25)24(16)17-6-1-2-9-23(17)29(26,27)18-14(21)4-3-5-15(18)22/h3-5,7-8,10,17H,1-2,6,9,11H2. The van der Waals surface area contributed by atoms with E-state index in [0.29, 0.717) is 30.5 Å². The third-order valence-corrected chi connectivity index (χ3v) is 7.50. The van der Waals surface area contributed by atoms with Crippen molar-refractivity contribution >= 4 is 37.7 Å². The Morgan fingerprint density at radius 3 is 2.55 bits per heavy atom. The van der Waals surface area contributed by atoms with E-state index >= 15 is 0 Å². The molecule has 4 rings (SSSR count). The van der Waals surface area contributed by atoms with Crippen LogP contribution in [0.3, 0.4) is 0 Å². The molecule has 6 nitrogen and oxygen atoms in total. The molecule has 1 saturated heterocycles. The first-order valence-electron chi connectivity index (χ1n) is 9.01. The molecule has 2 heterocycles. The summed E-state index contributed by atoms with van der Waals surface area (Å²) in [4.78, 5) is 12.9. The molecule has 0 saturated carbocycles.